The molecule has 0 aliphatic carbocycles. The van der Waals surface area contributed by atoms with E-state index in [-0.39, 0.29) is 49.9 Å². The van der Waals surface area contributed by atoms with Crippen LogP contribution in [0.2, 0.25) is 0 Å². The molecule has 88 heavy (non-hydrogen) atoms. The molecule has 0 bridgehead atoms. The van der Waals surface area contributed by atoms with E-state index in [1.54, 1.807) is 74.5 Å². The van der Waals surface area contributed by atoms with Gasteiger partial charge in [0.2, 0.25) is 65.0 Å². The first-order valence-corrected chi connectivity index (χ1v) is 31.4. The smallest absolute Gasteiger partial charge is 0.246 e. The first-order valence-electron chi connectivity index (χ1n) is 31.4. The van der Waals surface area contributed by atoms with E-state index in [2.05, 4.69) is 21.3 Å². The third-order valence-electron chi connectivity index (χ3n) is 17.1. The van der Waals surface area contributed by atoms with Crippen molar-refractivity contribution in [3.8, 4) is 0 Å². The number of hydrogen-bond acceptors (Lipinski definition) is 13. The van der Waals surface area contributed by atoms with Crippen molar-refractivity contribution >= 4 is 65.0 Å². The highest BCUT2D eigenvalue weighted by Gasteiger charge is 2.46. The molecule has 13 atom stereocenters. The van der Waals surface area contributed by atoms with Crippen molar-refractivity contribution in [1.29, 1.82) is 0 Å². The molecule has 0 aromatic rings. The quantitative estimate of drug-likeness (QED) is 0.139. The summed E-state index contributed by atoms with van der Waals surface area (Å²) in [5.41, 5.74) is -1.02. The van der Waals surface area contributed by atoms with Crippen molar-refractivity contribution in [2.75, 3.05) is 56.4 Å². The molecule has 1 heterocycles. The van der Waals surface area contributed by atoms with E-state index in [0.717, 1.165) is 9.80 Å². The van der Waals surface area contributed by atoms with Crippen LogP contribution in [0.5, 0.6) is 0 Å². The molecule has 1 aliphatic rings. The summed E-state index contributed by atoms with van der Waals surface area (Å²) in [6.07, 6.45) is 2.70. The highest BCUT2D eigenvalue weighted by atomic mass is 16.5. The molecule has 11 amide bonds. The Balaban J connectivity index is 4.43. The lowest BCUT2D eigenvalue weighted by molar-refractivity contribution is -0.157. The molecule has 0 aromatic carbocycles. The van der Waals surface area contributed by atoms with Crippen LogP contribution in [0.4, 0.5) is 0 Å². The fourth-order valence-electron chi connectivity index (χ4n) is 11.0. The van der Waals surface area contributed by atoms with Gasteiger partial charge in [0.1, 0.15) is 66.5 Å². The lowest BCUT2D eigenvalue weighted by Crippen LogP contribution is -2.64. The summed E-state index contributed by atoms with van der Waals surface area (Å²) in [5, 5.41) is 23.2. The maximum Gasteiger partial charge on any atom is 0.246 e. The summed E-state index contributed by atoms with van der Waals surface area (Å²) in [7, 11) is 11.3. The summed E-state index contributed by atoms with van der Waals surface area (Å²) in [5.74, 6) is -9.95. The summed E-state index contributed by atoms with van der Waals surface area (Å²) >= 11 is 0. The van der Waals surface area contributed by atoms with Gasteiger partial charge in [-0.05, 0) is 109 Å². The van der Waals surface area contributed by atoms with Gasteiger partial charge in [-0.3, -0.25) is 52.7 Å². The Bertz CT molecular complexity index is 2430. The normalized spacial score (nSPS) is 27.4. The molecule has 1 rings (SSSR count). The van der Waals surface area contributed by atoms with Crippen LogP contribution < -0.4 is 21.3 Å². The second-order valence-electron chi connectivity index (χ2n) is 27.0. The zero-order chi connectivity index (χ0) is 68.5. The Morgan fingerprint density at radius 3 is 1.38 bits per heavy atom. The first-order chi connectivity index (χ1) is 40.5. The van der Waals surface area contributed by atoms with E-state index in [4.69, 9.17) is 4.74 Å². The van der Waals surface area contributed by atoms with Gasteiger partial charge in [-0.1, -0.05) is 95.2 Å². The van der Waals surface area contributed by atoms with E-state index >= 15 is 9.59 Å². The van der Waals surface area contributed by atoms with Crippen molar-refractivity contribution in [2.24, 2.45) is 35.5 Å². The number of carbonyl (C=O) groups is 11. The fraction of sp³-hybridized carbons (Fsp3) is 0.797. The minimum Gasteiger partial charge on any atom is -0.390 e. The van der Waals surface area contributed by atoms with Crippen LogP contribution in [-0.2, 0) is 57.5 Å². The highest BCUT2D eigenvalue weighted by Crippen LogP contribution is 2.27. The number of likely N-dealkylation sites (N-methyl/N-ethyl adjacent to an activating group) is 7. The largest absolute Gasteiger partial charge is 0.390 e. The average Bonchev–Trinajstić information content (AvgIpc) is 2.82. The third-order valence-corrected chi connectivity index (χ3v) is 17.1. The van der Waals surface area contributed by atoms with Crippen molar-refractivity contribution in [2.45, 2.75) is 241 Å². The van der Waals surface area contributed by atoms with Crippen molar-refractivity contribution in [3.05, 3.63) is 12.2 Å². The Morgan fingerprint density at radius 2 is 0.920 bits per heavy atom. The van der Waals surface area contributed by atoms with Gasteiger partial charge in [0.25, 0.3) is 0 Å². The molecular formula is C64H115N11O13. The van der Waals surface area contributed by atoms with Gasteiger partial charge in [0, 0.05) is 62.9 Å². The molecule has 0 spiro atoms. The number of rotatable bonds is 16. The van der Waals surface area contributed by atoms with E-state index < -0.39 is 161 Å². The van der Waals surface area contributed by atoms with Gasteiger partial charge in [0.15, 0.2) is 0 Å². The maximum absolute atomic E-state index is 15.2. The molecule has 1 fully saturated rings. The molecule has 24 nitrogen and oxygen atoms in total. The number of aliphatic hydroxyl groups is 1. The van der Waals surface area contributed by atoms with Gasteiger partial charge in [0.05, 0.1) is 11.7 Å². The van der Waals surface area contributed by atoms with Crippen LogP contribution in [0.25, 0.3) is 0 Å². The molecular weight excluding hydrogens is 1130 g/mol. The van der Waals surface area contributed by atoms with Crippen LogP contribution in [0.3, 0.4) is 0 Å². The number of ether oxygens (including phenoxy) is 1. The zero-order valence-corrected chi connectivity index (χ0v) is 58.3. The molecule has 0 saturated carbocycles. The predicted molar refractivity (Wildman–Crippen MR) is 339 cm³/mol. The molecule has 5 N–H and O–H groups in total. The third kappa shape index (κ3) is 21.5. The fourth-order valence-corrected chi connectivity index (χ4v) is 11.0. The Hall–Kier alpha value is -6.17. The number of nitrogens with zero attached hydrogens (tertiary/aromatic N) is 7. The Kier molecular flexibility index (Phi) is 32.0. The van der Waals surface area contributed by atoms with Crippen LogP contribution in [0.1, 0.15) is 163 Å². The number of hydrogen-bond donors (Lipinski definition) is 5. The molecule has 0 aromatic heterocycles. The minimum absolute atomic E-state index is 0.00352. The highest BCUT2D eigenvalue weighted by molar-refractivity contribution is 6.00. The first kappa shape index (κ1) is 79.8. The number of nitrogens with one attached hydrogen (secondary N) is 4. The van der Waals surface area contributed by atoms with Gasteiger partial charge in [-0.25, -0.2) is 0 Å². The second kappa shape index (κ2) is 35.3. The molecule has 0 unspecified atom stereocenters. The van der Waals surface area contributed by atoms with E-state index in [1.165, 1.54) is 102 Å². The van der Waals surface area contributed by atoms with E-state index in [9.17, 15) is 48.3 Å². The number of amides is 11. The molecule has 1 saturated heterocycles. The second-order valence-corrected chi connectivity index (χ2v) is 27.0. The monoisotopic (exact) mass is 1250 g/mol. The van der Waals surface area contributed by atoms with Gasteiger partial charge in [-0.2, -0.15) is 0 Å². The zero-order valence-electron chi connectivity index (χ0n) is 58.3. The summed E-state index contributed by atoms with van der Waals surface area (Å²) < 4.78 is 5.74. The predicted octanol–water partition coefficient (Wildman–Crippen LogP) is 3.43. The Labute approximate surface area is 526 Å². The lowest BCUT2D eigenvalue weighted by atomic mass is 9.91. The molecule has 0 radical (unpaired) electrons. The number of methoxy groups -OCH3 is 1. The number of aliphatic hydroxyl groups excluding tert-OH is 1. The molecule has 24 heteroatoms. The van der Waals surface area contributed by atoms with E-state index in [1.807, 2.05) is 41.5 Å². The summed E-state index contributed by atoms with van der Waals surface area (Å²) in [6, 6.07) is -14.0. The summed E-state index contributed by atoms with van der Waals surface area (Å²) in [6.45, 7) is 31.0. The number of carbonyl (C=O) groups excluding carboxylic acids is 11. The Morgan fingerprint density at radius 1 is 0.489 bits per heavy atom. The van der Waals surface area contributed by atoms with Crippen LogP contribution in [0, 0.1) is 35.5 Å². The van der Waals surface area contributed by atoms with Crippen LogP contribution >= 0.6 is 0 Å². The maximum atomic E-state index is 15.2. The van der Waals surface area contributed by atoms with Crippen LogP contribution in [-0.4, -0.2) is 239 Å². The van der Waals surface area contributed by atoms with Gasteiger partial charge in [-0.15, -0.1) is 0 Å². The SMILES string of the molecule is C/C=C/C[C@@H](C)[C@@H](O)[C@H]1C(=O)N[C@@H](CC)C(=O)N(C)[C@H](C)C(=O)N(C)[C@@H](CC(C)(C)OC)C(=O)N[C@@H](C(C)C)C(=O)N(C)[C@@H](CC(C)C)C(=O)N[C@@H](C)C(=O)N[C@H](C)C(=O)N(C)[C@@H](CC(C)C)C(=O)N(C)[C@@H](CC(C)C)C(=O)N(C)[C@@H](C(C)C)C(=O)N1C. The standard InChI is InChI=1S/C64H115N11O13/c1-27-29-30-40(13)52(76)51-56(80)67-44(28-2)59(83)69(19)43(16)58(82)73(23)48(34-64(17,18)88-26)55(79)68-49(38(9)10)62(86)70(20)45(31-35(3)4)54(78)65-41(14)53(77)66-42(15)57(81)71(21)46(32-36(5)6)60(84)72(22)47(33-37(7)8)61(85)74(24)50(39(11)12)63(87)75(51)25/h27,29,35-52,76H,28,30-34H2,1-26H3,(H,65,78)(H,66,77)(H,67,80)(H,68,79)/b29-27+/t40-,41+,42-,43-,44+,45+,46+,47+,48+,49+,50+,51+,52-/m1/s1. The topological polar surface area (TPSA) is 288 Å². The molecule has 504 valence electrons. The van der Waals surface area contributed by atoms with Gasteiger partial charge >= 0.3 is 0 Å². The van der Waals surface area contributed by atoms with Crippen LogP contribution in [0.15, 0.2) is 12.2 Å². The summed E-state index contributed by atoms with van der Waals surface area (Å²) in [4.78, 5) is 170. The lowest BCUT2D eigenvalue weighted by Gasteiger charge is -2.41. The van der Waals surface area contributed by atoms with Gasteiger partial charge < -0.3 is 65.4 Å². The van der Waals surface area contributed by atoms with Crippen molar-refractivity contribution in [1.82, 2.24) is 55.6 Å². The number of allylic oxidation sites excluding steroid dienone is 2. The van der Waals surface area contributed by atoms with Crippen molar-refractivity contribution in [3.63, 3.8) is 0 Å². The minimum atomic E-state index is -1.63. The van der Waals surface area contributed by atoms with Crippen molar-refractivity contribution < 1.29 is 62.6 Å². The molecule has 1 aliphatic heterocycles. The average molecular weight is 1250 g/mol. The van der Waals surface area contributed by atoms with E-state index in [0.29, 0.717) is 6.42 Å².